The number of aliphatic imine (C=N–C) groups is 1. The van der Waals surface area contributed by atoms with E-state index in [1.807, 2.05) is 59.5 Å². The highest BCUT2D eigenvalue weighted by Gasteiger charge is 2.33. The van der Waals surface area contributed by atoms with Crippen molar-refractivity contribution in [2.45, 2.75) is 6.04 Å². The van der Waals surface area contributed by atoms with Crippen LogP contribution in [0.3, 0.4) is 0 Å². The Hall–Kier alpha value is -3.12. The van der Waals surface area contributed by atoms with Crippen LogP contribution in [0.15, 0.2) is 82.3 Å². The third-order valence-corrected chi connectivity index (χ3v) is 5.58. The number of carbonyl (C=O) groups is 1. The third kappa shape index (κ3) is 3.96. The molecule has 0 amide bonds. The Morgan fingerprint density at radius 2 is 1.77 bits per heavy atom. The van der Waals surface area contributed by atoms with Gasteiger partial charge < -0.3 is 14.4 Å². The fraction of sp³-hybridized carbons (Fsp3) is 0.167. The van der Waals surface area contributed by atoms with E-state index < -0.39 is 0 Å². The van der Waals surface area contributed by atoms with Gasteiger partial charge in [-0.3, -0.25) is 4.79 Å². The summed E-state index contributed by atoms with van der Waals surface area (Å²) in [4.78, 5) is 19.3. The molecule has 0 spiro atoms. The summed E-state index contributed by atoms with van der Waals surface area (Å²) in [6.45, 7) is 0.0763. The lowest BCUT2D eigenvalue weighted by Gasteiger charge is -2.38. The highest BCUT2D eigenvalue weighted by molar-refractivity contribution is 9.10. The van der Waals surface area contributed by atoms with Gasteiger partial charge in [0.15, 0.2) is 0 Å². The van der Waals surface area contributed by atoms with Crippen molar-refractivity contribution >= 4 is 33.4 Å². The Morgan fingerprint density at radius 1 is 1.03 bits per heavy atom. The average Bonchev–Trinajstić information content (AvgIpc) is 2.79. The lowest BCUT2D eigenvalue weighted by atomic mass is 9.93. The van der Waals surface area contributed by atoms with Crippen molar-refractivity contribution in [3.63, 3.8) is 0 Å². The quantitative estimate of drug-likeness (QED) is 0.492. The number of benzene rings is 3. The summed E-state index contributed by atoms with van der Waals surface area (Å²) in [5.74, 6) is 1.15. The molecule has 0 fully saturated rings. The largest absolute Gasteiger partial charge is 0.497 e. The number of halogens is 1. The van der Waals surface area contributed by atoms with E-state index in [0.717, 1.165) is 32.6 Å². The number of rotatable bonds is 5. The van der Waals surface area contributed by atoms with E-state index in [4.69, 9.17) is 14.5 Å². The van der Waals surface area contributed by atoms with Gasteiger partial charge in [0, 0.05) is 15.6 Å². The van der Waals surface area contributed by atoms with E-state index in [0.29, 0.717) is 5.84 Å². The van der Waals surface area contributed by atoms with E-state index in [1.54, 1.807) is 7.11 Å². The molecule has 6 heteroatoms. The second-order valence-electron chi connectivity index (χ2n) is 6.88. The van der Waals surface area contributed by atoms with Crippen molar-refractivity contribution in [3.8, 4) is 5.75 Å². The summed E-state index contributed by atoms with van der Waals surface area (Å²) in [5.41, 5.74) is 3.87. The Balaban J connectivity index is 1.91. The van der Waals surface area contributed by atoms with Gasteiger partial charge in [-0.2, -0.15) is 0 Å². The van der Waals surface area contributed by atoms with Crippen LogP contribution in [0, 0.1) is 0 Å². The zero-order chi connectivity index (χ0) is 21.1. The molecule has 0 radical (unpaired) electrons. The molecule has 0 aliphatic carbocycles. The molecule has 4 rings (SSSR count). The molecule has 0 N–H and O–H groups in total. The molecule has 0 saturated heterocycles. The van der Waals surface area contributed by atoms with Gasteiger partial charge in [-0.25, -0.2) is 4.99 Å². The van der Waals surface area contributed by atoms with Crippen LogP contribution >= 0.6 is 15.9 Å². The molecule has 3 aromatic carbocycles. The van der Waals surface area contributed by atoms with Crippen LogP contribution in [-0.4, -0.2) is 37.5 Å². The monoisotopic (exact) mass is 464 g/mol. The van der Waals surface area contributed by atoms with Gasteiger partial charge in [0.25, 0.3) is 0 Å². The molecule has 5 nitrogen and oxygen atoms in total. The van der Waals surface area contributed by atoms with Crippen LogP contribution in [-0.2, 0) is 9.53 Å². The Labute approximate surface area is 184 Å². The molecular weight excluding hydrogens is 444 g/mol. The van der Waals surface area contributed by atoms with Crippen molar-refractivity contribution in [2.75, 3.05) is 20.8 Å². The lowest BCUT2D eigenvalue weighted by molar-refractivity contribution is -0.141. The predicted molar refractivity (Wildman–Crippen MR) is 120 cm³/mol. The molecule has 0 aromatic heterocycles. The number of hydrogen-bond donors (Lipinski definition) is 0. The van der Waals surface area contributed by atoms with Crippen LogP contribution in [0.5, 0.6) is 5.75 Å². The first kappa shape index (κ1) is 20.2. The van der Waals surface area contributed by atoms with Gasteiger partial charge in [0.1, 0.15) is 18.1 Å². The van der Waals surface area contributed by atoms with Crippen molar-refractivity contribution in [3.05, 3.63) is 94.0 Å². The summed E-state index contributed by atoms with van der Waals surface area (Å²) in [5, 5.41) is 0. The van der Waals surface area contributed by atoms with E-state index in [-0.39, 0.29) is 18.6 Å². The van der Waals surface area contributed by atoms with Crippen LogP contribution in [0.1, 0.15) is 22.7 Å². The molecule has 3 aromatic rings. The van der Waals surface area contributed by atoms with Gasteiger partial charge in [-0.15, -0.1) is 0 Å². The number of hydrogen-bond acceptors (Lipinski definition) is 5. The Bertz CT molecular complexity index is 1080. The Morgan fingerprint density at radius 3 is 2.43 bits per heavy atom. The maximum Gasteiger partial charge on any atom is 0.325 e. The summed E-state index contributed by atoms with van der Waals surface area (Å²) in [6, 6.07) is 23.7. The molecule has 152 valence electrons. The second kappa shape index (κ2) is 8.71. The van der Waals surface area contributed by atoms with Crippen molar-refractivity contribution in [1.29, 1.82) is 0 Å². The first-order valence-electron chi connectivity index (χ1n) is 9.51. The SMILES string of the molecule is COC(=O)CN1C(c2ccc(OC)cc2)=Nc2ccc(Br)cc2[C@H]1c1ccccc1. The third-order valence-electron chi connectivity index (χ3n) is 5.08. The second-order valence-corrected chi connectivity index (χ2v) is 7.80. The average molecular weight is 465 g/mol. The minimum Gasteiger partial charge on any atom is -0.497 e. The lowest BCUT2D eigenvalue weighted by Crippen LogP contribution is -2.42. The molecule has 1 heterocycles. The molecule has 1 atom stereocenters. The number of esters is 1. The van der Waals surface area contributed by atoms with Gasteiger partial charge in [-0.1, -0.05) is 46.3 Å². The molecule has 30 heavy (non-hydrogen) atoms. The van der Waals surface area contributed by atoms with Gasteiger partial charge in [0.2, 0.25) is 0 Å². The topological polar surface area (TPSA) is 51.1 Å². The van der Waals surface area contributed by atoms with Crippen molar-refractivity contribution < 1.29 is 14.3 Å². The zero-order valence-corrected chi connectivity index (χ0v) is 18.3. The highest BCUT2D eigenvalue weighted by atomic mass is 79.9. The van der Waals surface area contributed by atoms with E-state index >= 15 is 0 Å². The first-order chi connectivity index (χ1) is 14.6. The van der Waals surface area contributed by atoms with Crippen LogP contribution in [0.25, 0.3) is 0 Å². The van der Waals surface area contributed by atoms with Crippen molar-refractivity contribution in [1.82, 2.24) is 4.90 Å². The number of nitrogens with zero attached hydrogens (tertiary/aromatic N) is 2. The standard InChI is InChI=1S/C24H21BrN2O3/c1-29-19-11-8-17(9-12-19)24-26-21-13-10-18(25)14-20(21)23(16-6-4-3-5-7-16)27(24)15-22(28)30-2/h3-14,23H,15H2,1-2H3/t23-/m1/s1. The van der Waals surface area contributed by atoms with Gasteiger partial charge in [-0.05, 0) is 48.0 Å². The molecule has 0 bridgehead atoms. The van der Waals surface area contributed by atoms with Gasteiger partial charge in [0.05, 0.1) is 25.9 Å². The highest BCUT2D eigenvalue weighted by Crippen LogP contribution is 2.41. The summed E-state index contributed by atoms with van der Waals surface area (Å²) >= 11 is 3.58. The maximum absolute atomic E-state index is 12.4. The number of ether oxygens (including phenoxy) is 2. The molecule has 0 saturated carbocycles. The first-order valence-corrected chi connectivity index (χ1v) is 10.3. The Kier molecular flexibility index (Phi) is 5.86. The van der Waals surface area contributed by atoms with E-state index in [9.17, 15) is 4.79 Å². The fourth-order valence-electron chi connectivity index (χ4n) is 3.65. The smallest absolute Gasteiger partial charge is 0.325 e. The summed E-state index contributed by atoms with van der Waals surface area (Å²) < 4.78 is 11.3. The number of amidine groups is 1. The molecule has 1 aliphatic heterocycles. The molecule has 1 aliphatic rings. The number of methoxy groups -OCH3 is 2. The van der Waals surface area contributed by atoms with Gasteiger partial charge >= 0.3 is 5.97 Å². The molecular formula is C24H21BrN2O3. The number of fused-ring (bicyclic) bond motifs is 1. The molecule has 0 unspecified atom stereocenters. The van der Waals surface area contributed by atoms with E-state index in [2.05, 4.69) is 34.1 Å². The maximum atomic E-state index is 12.4. The number of carbonyl (C=O) groups excluding carboxylic acids is 1. The minimum absolute atomic E-state index is 0.0763. The predicted octanol–water partition coefficient (Wildman–Crippen LogP) is 5.11. The summed E-state index contributed by atoms with van der Waals surface area (Å²) in [7, 11) is 3.04. The minimum atomic E-state index is -0.324. The fourth-order valence-corrected chi connectivity index (χ4v) is 4.03. The van der Waals surface area contributed by atoms with Crippen molar-refractivity contribution in [2.24, 2.45) is 4.99 Å². The normalized spacial score (nSPS) is 15.2. The van der Waals surface area contributed by atoms with Crippen LogP contribution in [0.4, 0.5) is 5.69 Å². The van der Waals surface area contributed by atoms with Crippen LogP contribution in [0.2, 0.25) is 0 Å². The summed E-state index contributed by atoms with van der Waals surface area (Å²) in [6.07, 6.45) is 0. The zero-order valence-electron chi connectivity index (χ0n) is 16.7. The van der Waals surface area contributed by atoms with E-state index in [1.165, 1.54) is 7.11 Å². The van der Waals surface area contributed by atoms with Crippen LogP contribution < -0.4 is 4.74 Å².